The SMILES string of the molecule is COc1cc(COc2ccc(I)cc2)ccc1C(=O)O. The molecule has 0 amide bonds. The highest BCUT2D eigenvalue weighted by atomic mass is 127. The molecule has 1 N–H and O–H groups in total. The number of hydrogen-bond acceptors (Lipinski definition) is 3. The molecular weight excluding hydrogens is 371 g/mol. The molecule has 0 saturated heterocycles. The van der Waals surface area contributed by atoms with Crippen LogP contribution in [0.4, 0.5) is 0 Å². The fraction of sp³-hybridized carbons (Fsp3) is 0.133. The number of halogens is 1. The lowest BCUT2D eigenvalue weighted by Crippen LogP contribution is -2.02. The summed E-state index contributed by atoms with van der Waals surface area (Å²) in [5.41, 5.74) is 0.996. The summed E-state index contributed by atoms with van der Waals surface area (Å²) in [5.74, 6) is 0.0971. The van der Waals surface area contributed by atoms with E-state index in [-0.39, 0.29) is 5.56 Å². The molecule has 20 heavy (non-hydrogen) atoms. The van der Waals surface area contributed by atoms with Gasteiger partial charge >= 0.3 is 5.97 Å². The summed E-state index contributed by atoms with van der Waals surface area (Å²) in [5, 5.41) is 9.01. The van der Waals surface area contributed by atoms with Gasteiger partial charge in [0.25, 0.3) is 0 Å². The highest BCUT2D eigenvalue weighted by Gasteiger charge is 2.11. The average Bonchev–Trinajstić information content (AvgIpc) is 2.46. The van der Waals surface area contributed by atoms with Crippen LogP contribution >= 0.6 is 22.6 Å². The van der Waals surface area contributed by atoms with Gasteiger partial charge in [-0.25, -0.2) is 4.79 Å². The molecule has 0 unspecified atom stereocenters. The van der Waals surface area contributed by atoms with Crippen LogP contribution in [0, 0.1) is 3.57 Å². The Kier molecular flexibility index (Phi) is 4.84. The van der Waals surface area contributed by atoms with Crippen LogP contribution in [0.2, 0.25) is 0 Å². The van der Waals surface area contributed by atoms with Gasteiger partial charge in [-0.05, 0) is 64.6 Å². The fourth-order valence-electron chi connectivity index (χ4n) is 1.70. The molecule has 2 aromatic rings. The van der Waals surface area contributed by atoms with Crippen molar-refractivity contribution in [2.24, 2.45) is 0 Å². The van der Waals surface area contributed by atoms with Crippen molar-refractivity contribution in [3.63, 3.8) is 0 Å². The number of carboxylic acids is 1. The Morgan fingerprint density at radius 2 is 1.90 bits per heavy atom. The zero-order valence-corrected chi connectivity index (χ0v) is 13.0. The Morgan fingerprint density at radius 3 is 2.50 bits per heavy atom. The summed E-state index contributed by atoms with van der Waals surface area (Å²) in [7, 11) is 1.45. The van der Waals surface area contributed by atoms with Gasteiger partial charge in [0, 0.05) is 3.57 Å². The van der Waals surface area contributed by atoms with Crippen molar-refractivity contribution in [3.8, 4) is 11.5 Å². The summed E-state index contributed by atoms with van der Waals surface area (Å²) in [6, 6.07) is 12.6. The lowest BCUT2D eigenvalue weighted by Gasteiger charge is -2.09. The predicted octanol–water partition coefficient (Wildman–Crippen LogP) is 3.58. The molecule has 0 aromatic heterocycles. The Bertz CT molecular complexity index is 608. The minimum absolute atomic E-state index is 0.144. The van der Waals surface area contributed by atoms with E-state index >= 15 is 0 Å². The molecule has 4 nitrogen and oxygen atoms in total. The van der Waals surface area contributed by atoms with E-state index in [1.165, 1.54) is 13.2 Å². The van der Waals surface area contributed by atoms with Gasteiger partial charge in [0.15, 0.2) is 0 Å². The minimum Gasteiger partial charge on any atom is -0.496 e. The number of aromatic carboxylic acids is 1. The van der Waals surface area contributed by atoms with E-state index in [1.807, 2.05) is 24.3 Å². The quantitative estimate of drug-likeness (QED) is 0.801. The highest BCUT2D eigenvalue weighted by molar-refractivity contribution is 14.1. The maximum Gasteiger partial charge on any atom is 0.339 e. The Balaban J connectivity index is 2.10. The normalized spacial score (nSPS) is 10.1. The van der Waals surface area contributed by atoms with Crippen molar-refractivity contribution in [1.82, 2.24) is 0 Å². The van der Waals surface area contributed by atoms with Gasteiger partial charge in [0.2, 0.25) is 0 Å². The second-order valence-electron chi connectivity index (χ2n) is 4.08. The van der Waals surface area contributed by atoms with Crippen molar-refractivity contribution < 1.29 is 19.4 Å². The van der Waals surface area contributed by atoms with Gasteiger partial charge in [-0.1, -0.05) is 6.07 Å². The topological polar surface area (TPSA) is 55.8 Å². The van der Waals surface area contributed by atoms with E-state index in [0.717, 1.165) is 14.9 Å². The van der Waals surface area contributed by atoms with E-state index < -0.39 is 5.97 Å². The molecule has 0 aliphatic heterocycles. The summed E-state index contributed by atoms with van der Waals surface area (Å²) in [6.07, 6.45) is 0. The third-order valence-electron chi connectivity index (χ3n) is 2.72. The van der Waals surface area contributed by atoms with Crippen molar-refractivity contribution in [3.05, 3.63) is 57.2 Å². The van der Waals surface area contributed by atoms with Crippen LogP contribution < -0.4 is 9.47 Å². The largest absolute Gasteiger partial charge is 0.496 e. The molecule has 2 rings (SSSR count). The van der Waals surface area contributed by atoms with Crippen LogP contribution in [-0.2, 0) is 6.61 Å². The average molecular weight is 384 g/mol. The van der Waals surface area contributed by atoms with E-state index in [0.29, 0.717) is 12.4 Å². The molecule has 0 bridgehead atoms. The molecule has 0 heterocycles. The number of carboxylic acid groups (broad SMARTS) is 1. The first-order valence-electron chi connectivity index (χ1n) is 5.88. The monoisotopic (exact) mass is 384 g/mol. The standard InChI is InChI=1S/C15H13IO4/c1-19-14-8-10(2-7-13(14)15(17)18)9-20-12-5-3-11(16)4-6-12/h2-8H,9H2,1H3,(H,17,18). The number of benzene rings is 2. The van der Waals surface area contributed by atoms with Gasteiger partial charge in [-0.3, -0.25) is 0 Å². The van der Waals surface area contributed by atoms with Gasteiger partial charge < -0.3 is 14.6 Å². The van der Waals surface area contributed by atoms with Gasteiger partial charge in [-0.2, -0.15) is 0 Å². The van der Waals surface area contributed by atoms with E-state index in [9.17, 15) is 4.79 Å². The minimum atomic E-state index is -1.01. The molecule has 104 valence electrons. The van der Waals surface area contributed by atoms with Crippen LogP contribution in [0.1, 0.15) is 15.9 Å². The maximum absolute atomic E-state index is 11.0. The molecule has 5 heteroatoms. The van der Waals surface area contributed by atoms with Crippen molar-refractivity contribution in [2.45, 2.75) is 6.61 Å². The molecule has 0 spiro atoms. The maximum atomic E-state index is 11.0. The second-order valence-corrected chi connectivity index (χ2v) is 5.33. The van der Waals surface area contributed by atoms with Crippen LogP contribution in [0.15, 0.2) is 42.5 Å². The van der Waals surface area contributed by atoms with Crippen LogP contribution in [-0.4, -0.2) is 18.2 Å². The summed E-state index contributed by atoms with van der Waals surface area (Å²) >= 11 is 2.23. The van der Waals surface area contributed by atoms with Crippen LogP contribution in [0.3, 0.4) is 0 Å². The molecule has 0 aliphatic carbocycles. The number of ether oxygens (including phenoxy) is 2. The van der Waals surface area contributed by atoms with Crippen molar-refractivity contribution >= 4 is 28.6 Å². The van der Waals surface area contributed by atoms with E-state index in [2.05, 4.69) is 22.6 Å². The first kappa shape index (κ1) is 14.6. The summed E-state index contributed by atoms with van der Waals surface area (Å²) < 4.78 is 11.9. The lowest BCUT2D eigenvalue weighted by atomic mass is 10.1. The fourth-order valence-corrected chi connectivity index (χ4v) is 2.06. The number of carbonyl (C=O) groups is 1. The Hall–Kier alpha value is -1.76. The molecule has 0 fully saturated rings. The van der Waals surface area contributed by atoms with Gasteiger partial charge in [0.05, 0.1) is 7.11 Å². The van der Waals surface area contributed by atoms with Crippen molar-refractivity contribution in [1.29, 1.82) is 0 Å². The summed E-state index contributed by atoms with van der Waals surface area (Å²) in [6.45, 7) is 0.358. The van der Waals surface area contributed by atoms with Crippen LogP contribution in [0.25, 0.3) is 0 Å². The Labute approximate surface area is 130 Å². The zero-order chi connectivity index (χ0) is 14.5. The number of hydrogen-bond donors (Lipinski definition) is 1. The highest BCUT2D eigenvalue weighted by Crippen LogP contribution is 2.22. The molecule has 0 atom stereocenters. The lowest BCUT2D eigenvalue weighted by molar-refractivity contribution is 0.0693. The first-order chi connectivity index (χ1) is 9.60. The Morgan fingerprint density at radius 1 is 1.20 bits per heavy atom. The summed E-state index contributed by atoms with van der Waals surface area (Å²) in [4.78, 5) is 11.0. The predicted molar refractivity (Wildman–Crippen MR) is 83.4 cm³/mol. The smallest absolute Gasteiger partial charge is 0.339 e. The molecule has 0 radical (unpaired) electrons. The third kappa shape index (κ3) is 3.63. The number of methoxy groups -OCH3 is 1. The second kappa shape index (κ2) is 6.60. The molecule has 0 saturated carbocycles. The van der Waals surface area contributed by atoms with E-state index in [4.69, 9.17) is 14.6 Å². The van der Waals surface area contributed by atoms with Crippen molar-refractivity contribution in [2.75, 3.05) is 7.11 Å². The van der Waals surface area contributed by atoms with Crippen LogP contribution in [0.5, 0.6) is 11.5 Å². The van der Waals surface area contributed by atoms with Gasteiger partial charge in [-0.15, -0.1) is 0 Å². The van der Waals surface area contributed by atoms with Gasteiger partial charge in [0.1, 0.15) is 23.7 Å². The number of rotatable bonds is 5. The third-order valence-corrected chi connectivity index (χ3v) is 3.43. The molecule has 0 aliphatic rings. The molecule has 2 aromatic carbocycles. The molecular formula is C15H13IO4. The van der Waals surface area contributed by atoms with E-state index in [1.54, 1.807) is 12.1 Å². The zero-order valence-electron chi connectivity index (χ0n) is 10.8. The first-order valence-corrected chi connectivity index (χ1v) is 6.96.